The molecule has 0 saturated heterocycles. The van der Waals surface area contributed by atoms with Crippen molar-refractivity contribution in [1.29, 1.82) is 5.26 Å². The molecule has 0 bridgehead atoms. The van der Waals surface area contributed by atoms with Crippen molar-refractivity contribution in [2.45, 2.75) is 18.2 Å². The summed E-state index contributed by atoms with van der Waals surface area (Å²) < 4.78 is 27.2. The number of carbonyl (C=O) groups is 1. The maximum atomic E-state index is 12.4. The maximum Gasteiger partial charge on any atom is 0.261 e. The zero-order valence-corrected chi connectivity index (χ0v) is 13.9. The minimum atomic E-state index is -3.84. The van der Waals surface area contributed by atoms with Gasteiger partial charge in [-0.15, -0.1) is 0 Å². The van der Waals surface area contributed by atoms with E-state index < -0.39 is 10.0 Å². The van der Waals surface area contributed by atoms with Crippen LogP contribution >= 0.6 is 0 Å². The number of nitrogens with zero attached hydrogens (tertiary/aromatic N) is 1. The zero-order chi connectivity index (χ0) is 17.6. The number of amides is 1. The van der Waals surface area contributed by atoms with Crippen LogP contribution in [0.2, 0.25) is 0 Å². The lowest BCUT2D eigenvalue weighted by Crippen LogP contribution is -2.24. The molecule has 7 heteroatoms. The Hall–Kier alpha value is -2.85. The summed E-state index contributed by atoms with van der Waals surface area (Å²) >= 11 is 0. The van der Waals surface area contributed by atoms with Gasteiger partial charge in [-0.1, -0.05) is 19.1 Å². The van der Waals surface area contributed by atoms with Gasteiger partial charge in [-0.3, -0.25) is 9.52 Å². The Bertz CT molecular complexity index is 869. The van der Waals surface area contributed by atoms with Gasteiger partial charge in [0, 0.05) is 12.1 Å². The van der Waals surface area contributed by atoms with E-state index in [1.54, 1.807) is 12.1 Å². The molecule has 2 N–H and O–H groups in total. The third-order valence-corrected chi connectivity index (χ3v) is 4.64. The van der Waals surface area contributed by atoms with Crippen molar-refractivity contribution in [3.8, 4) is 6.07 Å². The molecule has 0 aliphatic rings. The van der Waals surface area contributed by atoms with Gasteiger partial charge in [-0.25, -0.2) is 8.42 Å². The van der Waals surface area contributed by atoms with E-state index >= 15 is 0 Å². The average molecular weight is 343 g/mol. The van der Waals surface area contributed by atoms with E-state index in [1.807, 2.05) is 13.0 Å². The molecule has 0 aliphatic heterocycles. The molecule has 0 atom stereocenters. The van der Waals surface area contributed by atoms with Crippen LogP contribution in [0, 0.1) is 11.3 Å². The normalized spacial score (nSPS) is 10.7. The summed E-state index contributed by atoms with van der Waals surface area (Å²) in [4.78, 5) is 11.8. The second-order valence-corrected chi connectivity index (χ2v) is 6.73. The van der Waals surface area contributed by atoms with Crippen LogP contribution in [0.3, 0.4) is 0 Å². The Morgan fingerprint density at radius 1 is 1.12 bits per heavy atom. The summed E-state index contributed by atoms with van der Waals surface area (Å²) in [5, 5.41) is 11.7. The molecule has 1 amide bonds. The van der Waals surface area contributed by atoms with Gasteiger partial charge in [0.2, 0.25) is 0 Å². The van der Waals surface area contributed by atoms with Crippen LogP contribution in [0.1, 0.15) is 29.3 Å². The quantitative estimate of drug-likeness (QED) is 0.842. The number of rotatable bonds is 6. The SMILES string of the molecule is CCCNC(=O)c1ccc(S(=O)(=O)Nc2ccccc2C#N)cc1. The molecule has 2 rings (SSSR count). The van der Waals surface area contributed by atoms with E-state index in [2.05, 4.69) is 10.0 Å². The first-order valence-electron chi connectivity index (χ1n) is 7.38. The third-order valence-electron chi connectivity index (χ3n) is 3.25. The second kappa shape index (κ2) is 7.62. The van der Waals surface area contributed by atoms with E-state index in [0.717, 1.165) is 6.42 Å². The maximum absolute atomic E-state index is 12.4. The first kappa shape index (κ1) is 17.5. The van der Waals surface area contributed by atoms with Gasteiger partial charge >= 0.3 is 0 Å². The Morgan fingerprint density at radius 2 is 1.79 bits per heavy atom. The molecular formula is C17H17N3O3S. The number of nitriles is 1. The molecule has 2 aromatic rings. The Kier molecular flexibility index (Phi) is 5.55. The predicted molar refractivity (Wildman–Crippen MR) is 91.0 cm³/mol. The van der Waals surface area contributed by atoms with Crippen LogP contribution in [0.25, 0.3) is 0 Å². The molecular weight excluding hydrogens is 326 g/mol. The van der Waals surface area contributed by atoms with E-state index in [-0.39, 0.29) is 22.1 Å². The number of benzene rings is 2. The van der Waals surface area contributed by atoms with Gasteiger partial charge in [0.15, 0.2) is 0 Å². The molecule has 0 aliphatic carbocycles. The summed E-state index contributed by atoms with van der Waals surface area (Å²) in [7, 11) is -3.84. The highest BCUT2D eigenvalue weighted by atomic mass is 32.2. The number of nitrogens with one attached hydrogen (secondary N) is 2. The van der Waals surface area contributed by atoms with Gasteiger partial charge in [0.05, 0.1) is 16.1 Å². The zero-order valence-electron chi connectivity index (χ0n) is 13.1. The minimum Gasteiger partial charge on any atom is -0.352 e. The molecule has 6 nitrogen and oxygen atoms in total. The van der Waals surface area contributed by atoms with Gasteiger partial charge in [-0.05, 0) is 42.8 Å². The van der Waals surface area contributed by atoms with Gasteiger partial charge in [-0.2, -0.15) is 5.26 Å². The van der Waals surface area contributed by atoms with Crippen molar-refractivity contribution in [2.75, 3.05) is 11.3 Å². The highest BCUT2D eigenvalue weighted by Crippen LogP contribution is 2.19. The standard InChI is InChI=1S/C17H17N3O3S/c1-2-11-19-17(21)13-7-9-15(10-8-13)24(22,23)20-16-6-4-3-5-14(16)12-18/h3-10,20H,2,11H2,1H3,(H,19,21). The summed E-state index contributed by atoms with van der Waals surface area (Å²) in [6.45, 7) is 2.51. The largest absolute Gasteiger partial charge is 0.352 e. The van der Waals surface area contributed by atoms with Gasteiger partial charge in [0.1, 0.15) is 6.07 Å². The van der Waals surface area contributed by atoms with Crippen molar-refractivity contribution in [2.24, 2.45) is 0 Å². The van der Waals surface area contributed by atoms with Crippen LogP contribution < -0.4 is 10.0 Å². The van der Waals surface area contributed by atoms with Crippen molar-refractivity contribution in [3.63, 3.8) is 0 Å². The fourth-order valence-corrected chi connectivity index (χ4v) is 3.08. The lowest BCUT2D eigenvalue weighted by molar-refractivity contribution is 0.0953. The number of para-hydroxylation sites is 1. The van der Waals surface area contributed by atoms with Crippen LogP contribution in [0.4, 0.5) is 5.69 Å². The van der Waals surface area contributed by atoms with Crippen molar-refractivity contribution in [1.82, 2.24) is 5.32 Å². The first-order valence-corrected chi connectivity index (χ1v) is 8.86. The fourth-order valence-electron chi connectivity index (χ4n) is 2.00. The molecule has 0 saturated carbocycles. The molecule has 2 aromatic carbocycles. The molecule has 124 valence electrons. The Morgan fingerprint density at radius 3 is 2.42 bits per heavy atom. The molecule has 0 unspecified atom stereocenters. The van der Waals surface area contributed by atoms with Crippen molar-refractivity contribution in [3.05, 3.63) is 59.7 Å². The van der Waals surface area contributed by atoms with Crippen LogP contribution in [0.15, 0.2) is 53.4 Å². The van der Waals surface area contributed by atoms with Crippen molar-refractivity contribution >= 4 is 21.6 Å². The van der Waals surface area contributed by atoms with Crippen LogP contribution in [-0.4, -0.2) is 20.9 Å². The number of carbonyl (C=O) groups excluding carboxylic acids is 1. The summed E-state index contributed by atoms with van der Waals surface area (Å²) in [6.07, 6.45) is 0.820. The molecule has 0 radical (unpaired) electrons. The molecule has 0 heterocycles. The predicted octanol–water partition coefficient (Wildman–Crippen LogP) is 2.50. The van der Waals surface area contributed by atoms with Crippen molar-refractivity contribution < 1.29 is 13.2 Å². The van der Waals surface area contributed by atoms with E-state index in [1.165, 1.54) is 36.4 Å². The van der Waals surface area contributed by atoms with Gasteiger partial charge < -0.3 is 5.32 Å². The molecule has 0 aromatic heterocycles. The highest BCUT2D eigenvalue weighted by molar-refractivity contribution is 7.92. The van der Waals surface area contributed by atoms with Crippen LogP contribution in [0.5, 0.6) is 0 Å². The Balaban J connectivity index is 2.21. The number of hydrogen-bond acceptors (Lipinski definition) is 4. The monoisotopic (exact) mass is 343 g/mol. The Labute approximate surface area is 141 Å². The highest BCUT2D eigenvalue weighted by Gasteiger charge is 2.16. The lowest BCUT2D eigenvalue weighted by Gasteiger charge is -2.10. The minimum absolute atomic E-state index is 0.0160. The summed E-state index contributed by atoms with van der Waals surface area (Å²) in [6, 6.07) is 13.9. The lowest BCUT2D eigenvalue weighted by atomic mass is 10.2. The van der Waals surface area contributed by atoms with E-state index in [9.17, 15) is 13.2 Å². The second-order valence-electron chi connectivity index (χ2n) is 5.04. The summed E-state index contributed by atoms with van der Waals surface area (Å²) in [5.74, 6) is -0.247. The van der Waals surface area contributed by atoms with Gasteiger partial charge in [0.25, 0.3) is 15.9 Å². The average Bonchev–Trinajstić information content (AvgIpc) is 2.60. The van der Waals surface area contributed by atoms with Crippen LogP contribution in [-0.2, 0) is 10.0 Å². The summed E-state index contributed by atoms with van der Waals surface area (Å²) in [5.41, 5.74) is 0.834. The molecule has 0 spiro atoms. The smallest absolute Gasteiger partial charge is 0.261 e. The topological polar surface area (TPSA) is 99.1 Å². The molecule has 24 heavy (non-hydrogen) atoms. The number of anilines is 1. The first-order chi connectivity index (χ1) is 11.5. The number of hydrogen-bond donors (Lipinski definition) is 2. The van der Waals surface area contributed by atoms with E-state index in [0.29, 0.717) is 12.1 Å². The third kappa shape index (κ3) is 4.12. The van der Waals surface area contributed by atoms with E-state index in [4.69, 9.17) is 5.26 Å². The fraction of sp³-hybridized carbons (Fsp3) is 0.176. The number of sulfonamides is 1. The molecule has 0 fully saturated rings.